The lowest BCUT2D eigenvalue weighted by atomic mass is 9.80. The molecule has 5 rings (SSSR count). The summed E-state index contributed by atoms with van der Waals surface area (Å²) in [5, 5.41) is 10.7. The molecule has 0 aromatic heterocycles. The Hall–Kier alpha value is -3.48. The van der Waals surface area contributed by atoms with E-state index in [0.717, 1.165) is 63.9 Å². The van der Waals surface area contributed by atoms with Crippen molar-refractivity contribution in [1.29, 1.82) is 0 Å². The third-order valence-corrected chi connectivity index (χ3v) is 9.97. The molecule has 6 nitrogen and oxygen atoms in total. The Balaban J connectivity index is 1.47. The Morgan fingerprint density at radius 1 is 0.884 bits per heavy atom. The quantitative estimate of drug-likeness (QED) is 0.329. The van der Waals surface area contributed by atoms with Gasteiger partial charge in [0.1, 0.15) is 12.8 Å². The normalized spacial score (nSPS) is 20.9. The van der Waals surface area contributed by atoms with Gasteiger partial charge >= 0.3 is 0 Å². The van der Waals surface area contributed by atoms with E-state index in [9.17, 15) is 5.11 Å². The summed E-state index contributed by atoms with van der Waals surface area (Å²) >= 11 is 7.09. The van der Waals surface area contributed by atoms with Gasteiger partial charge in [-0.15, -0.1) is 0 Å². The molecule has 2 aromatic rings. The second-order valence-electron chi connectivity index (χ2n) is 12.6. The standard InChI is InChI=1S/C36H44ClN2O4/c1-35(2)25-17-24(21-40)29(41-7)19-27(25)38(5)32(35)15-13-22-11-10-12-23(34(22)37)14-16-33-36(3,4)26-18-30(42-8)31(43-9)20-28(26)39(33)6/h13-20,40H,10-12,21H2,1-9H3/q+1. The molecular formula is C36H44ClN2O4+. The number of methoxy groups -OCH3 is 3. The monoisotopic (exact) mass is 603 g/mol. The number of benzene rings is 2. The first kappa shape index (κ1) is 31.0. The third kappa shape index (κ3) is 5.08. The summed E-state index contributed by atoms with van der Waals surface area (Å²) in [7, 11) is 9.17. The third-order valence-electron chi connectivity index (χ3n) is 9.48. The van der Waals surface area contributed by atoms with E-state index >= 15 is 0 Å². The van der Waals surface area contributed by atoms with Crippen molar-refractivity contribution in [2.75, 3.05) is 40.3 Å². The highest BCUT2D eigenvalue weighted by atomic mass is 35.5. The fourth-order valence-electron chi connectivity index (χ4n) is 6.93. The molecule has 1 aliphatic carbocycles. The molecule has 0 saturated heterocycles. The molecule has 2 heterocycles. The van der Waals surface area contributed by atoms with E-state index in [1.807, 2.05) is 6.07 Å². The summed E-state index contributed by atoms with van der Waals surface area (Å²) in [5.41, 5.74) is 9.61. The lowest BCUT2D eigenvalue weighted by Gasteiger charge is -2.24. The van der Waals surface area contributed by atoms with Crippen LogP contribution in [0.5, 0.6) is 17.2 Å². The summed E-state index contributed by atoms with van der Waals surface area (Å²) in [6, 6.07) is 8.24. The molecule has 2 aliphatic heterocycles. The molecule has 2 aromatic carbocycles. The highest BCUT2D eigenvalue weighted by Crippen LogP contribution is 2.51. The van der Waals surface area contributed by atoms with E-state index in [4.69, 9.17) is 25.8 Å². The van der Waals surface area contributed by atoms with E-state index in [1.54, 1.807) is 21.3 Å². The van der Waals surface area contributed by atoms with Gasteiger partial charge in [0.15, 0.2) is 17.2 Å². The average Bonchev–Trinajstić information content (AvgIpc) is 3.30. The minimum atomic E-state index is -0.236. The zero-order valence-electron chi connectivity index (χ0n) is 26.9. The van der Waals surface area contributed by atoms with Gasteiger partial charge in [0.05, 0.1) is 39.4 Å². The van der Waals surface area contributed by atoms with Crippen LogP contribution >= 0.6 is 11.6 Å². The Labute approximate surface area is 261 Å². The van der Waals surface area contributed by atoms with Crippen molar-refractivity contribution in [3.8, 4) is 17.2 Å². The highest BCUT2D eigenvalue weighted by Gasteiger charge is 2.44. The molecule has 1 N–H and O–H groups in total. The van der Waals surface area contributed by atoms with E-state index in [2.05, 4.69) is 93.8 Å². The second-order valence-corrected chi connectivity index (χ2v) is 13.0. The van der Waals surface area contributed by atoms with Crippen LogP contribution in [0.15, 0.2) is 70.4 Å². The molecule has 0 saturated carbocycles. The van der Waals surface area contributed by atoms with Crippen molar-refractivity contribution in [2.45, 2.75) is 64.4 Å². The smallest absolute Gasteiger partial charge is 0.213 e. The lowest BCUT2D eigenvalue weighted by molar-refractivity contribution is -0.401. The van der Waals surface area contributed by atoms with Gasteiger partial charge in [0.25, 0.3) is 0 Å². The molecule has 0 atom stereocenters. The number of hydrogen-bond donors (Lipinski definition) is 1. The first-order valence-electron chi connectivity index (χ1n) is 14.8. The zero-order valence-corrected chi connectivity index (χ0v) is 27.6. The maximum Gasteiger partial charge on any atom is 0.213 e. The van der Waals surface area contributed by atoms with Crippen LogP contribution in [-0.2, 0) is 17.4 Å². The topological polar surface area (TPSA) is 54.2 Å². The number of nitrogens with zero attached hydrogens (tertiary/aromatic N) is 2. The Bertz CT molecular complexity index is 1620. The maximum atomic E-state index is 9.90. The van der Waals surface area contributed by atoms with Crippen LogP contribution in [-0.4, -0.2) is 50.8 Å². The number of aliphatic hydroxyl groups excluding tert-OH is 1. The van der Waals surface area contributed by atoms with Crippen LogP contribution in [0.1, 0.15) is 63.6 Å². The number of hydrogen-bond acceptors (Lipinski definition) is 5. The molecule has 3 aliphatic rings. The van der Waals surface area contributed by atoms with Crippen LogP contribution in [0.25, 0.3) is 0 Å². The number of anilines is 1. The predicted molar refractivity (Wildman–Crippen MR) is 176 cm³/mol. The Morgan fingerprint density at radius 3 is 2.21 bits per heavy atom. The van der Waals surface area contributed by atoms with E-state index in [0.29, 0.717) is 5.75 Å². The maximum absolute atomic E-state index is 9.90. The minimum Gasteiger partial charge on any atom is -0.496 e. The first-order chi connectivity index (χ1) is 20.4. The number of halogens is 1. The van der Waals surface area contributed by atoms with Gasteiger partial charge in [-0.1, -0.05) is 37.6 Å². The van der Waals surface area contributed by atoms with Gasteiger partial charge < -0.3 is 24.2 Å². The summed E-state index contributed by atoms with van der Waals surface area (Å²) in [6.45, 7) is 8.87. The number of fused-ring (bicyclic) bond motifs is 2. The fraction of sp³-hybridized carbons (Fsp3) is 0.417. The summed E-state index contributed by atoms with van der Waals surface area (Å²) in [5.74, 6) is 2.17. The predicted octanol–water partition coefficient (Wildman–Crippen LogP) is 7.68. The van der Waals surface area contributed by atoms with Crippen molar-refractivity contribution < 1.29 is 23.9 Å². The SMILES string of the molecule is COc1cc2c(cc1CO)C(C)(C)C(/C=C/C1=C(Cl)C(=C/C=C3\N(C)c4cc(OC)c(OC)cc4C3(C)C)/CCC1)=[N+]2C. The number of rotatable bonds is 7. The van der Waals surface area contributed by atoms with Gasteiger partial charge in [-0.05, 0) is 68.0 Å². The van der Waals surface area contributed by atoms with Crippen molar-refractivity contribution >= 4 is 28.7 Å². The van der Waals surface area contributed by atoms with E-state index in [-0.39, 0.29) is 17.4 Å². The second kappa shape index (κ2) is 11.5. The fourth-order valence-corrected chi connectivity index (χ4v) is 7.25. The van der Waals surface area contributed by atoms with E-state index < -0.39 is 0 Å². The first-order valence-corrected chi connectivity index (χ1v) is 15.2. The van der Waals surface area contributed by atoms with Crippen LogP contribution in [0.4, 0.5) is 11.4 Å². The van der Waals surface area contributed by atoms with Crippen molar-refractivity contribution in [3.63, 3.8) is 0 Å². The number of likely N-dealkylation sites (N-methyl/N-ethyl adjacent to an activating group) is 1. The van der Waals surface area contributed by atoms with Gasteiger partial charge in [0.2, 0.25) is 5.69 Å². The van der Waals surface area contributed by atoms with Crippen molar-refractivity contribution in [2.24, 2.45) is 0 Å². The van der Waals surface area contributed by atoms with Gasteiger partial charge in [-0.25, -0.2) is 0 Å². The Morgan fingerprint density at radius 2 is 1.56 bits per heavy atom. The molecule has 0 spiro atoms. The number of allylic oxidation sites excluding steroid dienone is 8. The molecule has 43 heavy (non-hydrogen) atoms. The minimum absolute atomic E-state index is 0.0589. The average molecular weight is 604 g/mol. The van der Waals surface area contributed by atoms with Gasteiger partial charge in [-0.2, -0.15) is 4.58 Å². The van der Waals surface area contributed by atoms with Crippen LogP contribution in [0.2, 0.25) is 0 Å². The van der Waals surface area contributed by atoms with Crippen LogP contribution in [0, 0.1) is 0 Å². The molecular weight excluding hydrogens is 560 g/mol. The molecule has 0 radical (unpaired) electrons. The molecule has 228 valence electrons. The number of aliphatic hydroxyl groups is 1. The lowest BCUT2D eigenvalue weighted by Crippen LogP contribution is -2.26. The summed E-state index contributed by atoms with van der Waals surface area (Å²) in [4.78, 5) is 2.24. The summed E-state index contributed by atoms with van der Waals surface area (Å²) in [6.07, 6.45) is 11.7. The molecule has 0 unspecified atom stereocenters. The molecule has 0 fully saturated rings. The number of ether oxygens (including phenoxy) is 3. The van der Waals surface area contributed by atoms with Gasteiger partial charge in [0, 0.05) is 52.1 Å². The molecule has 0 amide bonds. The van der Waals surface area contributed by atoms with Crippen LogP contribution in [0.3, 0.4) is 0 Å². The zero-order chi connectivity index (χ0) is 31.3. The molecule has 7 heteroatoms. The van der Waals surface area contributed by atoms with Gasteiger partial charge in [-0.3, -0.25) is 0 Å². The largest absolute Gasteiger partial charge is 0.496 e. The van der Waals surface area contributed by atoms with Crippen LogP contribution < -0.4 is 19.1 Å². The van der Waals surface area contributed by atoms with Crippen molar-refractivity contribution in [3.05, 3.63) is 87.1 Å². The van der Waals surface area contributed by atoms with Crippen molar-refractivity contribution in [1.82, 2.24) is 0 Å². The molecule has 0 bridgehead atoms. The highest BCUT2D eigenvalue weighted by molar-refractivity contribution is 6.32. The Kier molecular flexibility index (Phi) is 8.32. The van der Waals surface area contributed by atoms with E-state index in [1.165, 1.54) is 22.5 Å². The summed E-state index contributed by atoms with van der Waals surface area (Å²) < 4.78 is 18.9.